The van der Waals surface area contributed by atoms with E-state index in [0.29, 0.717) is 18.1 Å². The third-order valence-corrected chi connectivity index (χ3v) is 14.5. The van der Waals surface area contributed by atoms with Crippen molar-refractivity contribution in [3.05, 3.63) is 58.1 Å². The molecule has 256 valence electrons. The maximum absolute atomic E-state index is 13.5. The number of nitrogens with one attached hydrogen (secondary N) is 1. The van der Waals surface area contributed by atoms with Crippen molar-refractivity contribution in [3.8, 4) is 5.75 Å². The molecule has 47 heavy (non-hydrogen) atoms. The number of anilines is 1. The van der Waals surface area contributed by atoms with Crippen LogP contribution in [0.15, 0.2) is 36.4 Å². The number of rotatable bonds is 2. The normalized spacial score (nSPS) is 35.1. The summed E-state index contributed by atoms with van der Waals surface area (Å²) in [6.07, 6.45) is 13.3. The first-order chi connectivity index (χ1) is 22.7. The summed E-state index contributed by atoms with van der Waals surface area (Å²) in [6, 6.07) is 12.3. The van der Waals surface area contributed by atoms with Crippen LogP contribution in [0.2, 0.25) is 5.02 Å². The van der Waals surface area contributed by atoms with Gasteiger partial charge in [0.15, 0.2) is 0 Å². The minimum Gasteiger partial charge on any atom is -0.490 e. The second-order valence-corrected chi connectivity index (χ2v) is 17.9. The van der Waals surface area contributed by atoms with Crippen LogP contribution < -0.4 is 14.4 Å². The summed E-state index contributed by atoms with van der Waals surface area (Å²) in [6.45, 7) is 9.15. The molecule has 5 aliphatic rings. The van der Waals surface area contributed by atoms with E-state index in [-0.39, 0.29) is 22.5 Å². The molecule has 1 spiro atoms. The summed E-state index contributed by atoms with van der Waals surface area (Å²) in [4.78, 5) is 18.7. The van der Waals surface area contributed by atoms with E-state index >= 15 is 0 Å². The van der Waals surface area contributed by atoms with Gasteiger partial charge in [-0.15, -0.1) is 0 Å². The Morgan fingerprint density at radius 3 is 2.70 bits per heavy atom. The van der Waals surface area contributed by atoms with Crippen molar-refractivity contribution in [2.75, 3.05) is 44.7 Å². The molecule has 7 unspecified atom stereocenters. The van der Waals surface area contributed by atoms with Gasteiger partial charge < -0.3 is 14.5 Å². The summed E-state index contributed by atoms with van der Waals surface area (Å²) < 4.78 is 23.0. The molecule has 1 amide bonds. The molecular formula is C39H54ClN3O3S. The van der Waals surface area contributed by atoms with Gasteiger partial charge in [0.25, 0.3) is 5.91 Å². The Morgan fingerprint density at radius 1 is 1.02 bits per heavy atom. The maximum atomic E-state index is 13.5. The molecule has 3 heterocycles. The van der Waals surface area contributed by atoms with E-state index in [1.54, 1.807) is 0 Å². The van der Waals surface area contributed by atoms with Gasteiger partial charge in [0, 0.05) is 35.6 Å². The third kappa shape index (κ3) is 7.01. The van der Waals surface area contributed by atoms with Gasteiger partial charge in [0.2, 0.25) is 0 Å². The molecule has 8 heteroatoms. The average Bonchev–Trinajstić information content (AvgIpc) is 3.18. The molecule has 1 saturated heterocycles. The van der Waals surface area contributed by atoms with Crippen LogP contribution >= 0.6 is 11.6 Å². The number of hydrogen-bond donors (Lipinski definition) is 1. The predicted octanol–water partition coefficient (Wildman–Crippen LogP) is 7.79. The lowest BCUT2D eigenvalue weighted by Gasteiger charge is -2.48. The van der Waals surface area contributed by atoms with Crippen LogP contribution in [0.25, 0.3) is 0 Å². The van der Waals surface area contributed by atoms with Crippen molar-refractivity contribution in [2.45, 2.75) is 95.1 Å². The molecule has 2 bridgehead atoms. The number of fused-ring (bicyclic) bond motifs is 4. The first kappa shape index (κ1) is 33.4. The molecule has 2 aromatic rings. The molecule has 1 N–H and O–H groups in total. The number of halogens is 1. The Morgan fingerprint density at radius 2 is 1.89 bits per heavy atom. The number of aryl methyl sites for hydroxylation is 1. The number of ether oxygens (including phenoxy) is 1. The monoisotopic (exact) mass is 679 g/mol. The van der Waals surface area contributed by atoms with Crippen molar-refractivity contribution in [1.82, 2.24) is 9.62 Å². The smallest absolute Gasteiger partial charge is 0.263 e. The highest BCUT2D eigenvalue weighted by molar-refractivity contribution is 7.84. The molecule has 7 rings (SSSR count). The predicted molar refractivity (Wildman–Crippen MR) is 193 cm³/mol. The summed E-state index contributed by atoms with van der Waals surface area (Å²) in [7, 11) is 0.842. The zero-order valence-corrected chi connectivity index (χ0v) is 30.2. The fraction of sp³-hybridized carbons (Fsp3) is 0.667. The Kier molecular flexibility index (Phi) is 9.97. The van der Waals surface area contributed by atoms with E-state index in [2.05, 4.69) is 40.6 Å². The number of carbonyl (C=O) groups excluding carboxylic acids is 1. The highest BCUT2D eigenvalue weighted by atomic mass is 35.5. The summed E-state index contributed by atoms with van der Waals surface area (Å²) in [5, 5.41) is 0.696. The van der Waals surface area contributed by atoms with Crippen molar-refractivity contribution in [2.24, 2.45) is 29.6 Å². The summed E-state index contributed by atoms with van der Waals surface area (Å²) >= 11 is 6.49. The minimum atomic E-state index is -1.45. The highest BCUT2D eigenvalue weighted by Gasteiger charge is 2.45. The Labute approximate surface area is 289 Å². The number of piperidine rings is 1. The summed E-state index contributed by atoms with van der Waals surface area (Å²) in [5.74, 6) is 3.73. The van der Waals surface area contributed by atoms with E-state index in [4.69, 9.17) is 16.3 Å². The van der Waals surface area contributed by atoms with Gasteiger partial charge in [0.05, 0.1) is 17.5 Å². The molecule has 0 radical (unpaired) electrons. The second kappa shape index (κ2) is 14.0. The standard InChI is InChI=1S/C39H54ClN3O3S/c1-26-7-4-9-29(19-28-8-6-18-42(3)22-28)34-14-11-32(34)23-43-24-39(17-5-10-30-20-33(40)13-15-35(30)39)25-46-37-16-12-31(21-36(37)43)38(44)41-47(45)27(26)2/h12-13,15-16,20-21,26-29,32,34H,4-11,14,17-19,22-25H2,1-3H3,(H,41,44)/t26?,27?,28?,29?,32?,34?,39-,47?/m0/s1. The lowest BCUT2D eigenvalue weighted by molar-refractivity contribution is 0.0691. The molecule has 3 aliphatic heterocycles. The van der Waals surface area contributed by atoms with Gasteiger partial charge in [-0.3, -0.25) is 9.52 Å². The van der Waals surface area contributed by atoms with Gasteiger partial charge in [-0.2, -0.15) is 0 Å². The average molecular weight is 680 g/mol. The molecule has 8 atom stereocenters. The fourth-order valence-electron chi connectivity index (χ4n) is 9.77. The van der Waals surface area contributed by atoms with Crippen LogP contribution in [0.1, 0.15) is 99.5 Å². The van der Waals surface area contributed by atoms with Crippen molar-refractivity contribution < 1.29 is 13.7 Å². The third-order valence-electron chi connectivity index (χ3n) is 12.8. The number of benzene rings is 2. The van der Waals surface area contributed by atoms with Gasteiger partial charge in [-0.1, -0.05) is 37.4 Å². The topological polar surface area (TPSA) is 61.9 Å². The van der Waals surface area contributed by atoms with Gasteiger partial charge in [0.1, 0.15) is 16.7 Å². The van der Waals surface area contributed by atoms with Crippen molar-refractivity contribution in [1.29, 1.82) is 0 Å². The quantitative estimate of drug-likeness (QED) is 0.351. The number of nitrogens with zero attached hydrogens (tertiary/aromatic N) is 2. The number of amides is 1. The van der Waals surface area contributed by atoms with Crippen LogP contribution in [0.5, 0.6) is 5.75 Å². The van der Waals surface area contributed by atoms with Crippen LogP contribution in [0, 0.1) is 29.6 Å². The Bertz CT molecular complexity index is 1490. The fourth-order valence-corrected chi connectivity index (χ4v) is 11.0. The first-order valence-corrected chi connectivity index (χ1v) is 20.0. The van der Waals surface area contributed by atoms with Gasteiger partial charge >= 0.3 is 0 Å². The Hall–Kier alpha value is -2.09. The molecule has 1 saturated carbocycles. The molecule has 2 aromatic carbocycles. The Balaban J connectivity index is 1.25. The van der Waals surface area contributed by atoms with E-state index in [1.165, 1.54) is 62.7 Å². The molecule has 6 nitrogen and oxygen atoms in total. The van der Waals surface area contributed by atoms with Gasteiger partial charge in [-0.25, -0.2) is 4.21 Å². The lowest BCUT2D eigenvalue weighted by atomic mass is 9.63. The SMILES string of the molecule is CC1CCCC(CC2CCCN(C)C2)C2CCC2CN2C[C@@]3(CCCc4cc(Cl)ccc43)COc3ccc(cc32)C(=O)NS(=O)C1C. The molecule has 2 aliphatic carbocycles. The number of carbonyl (C=O) groups is 1. The van der Waals surface area contributed by atoms with Crippen molar-refractivity contribution >= 4 is 34.2 Å². The van der Waals surface area contributed by atoms with Gasteiger partial charge in [-0.05, 0) is 149 Å². The molecule has 0 aromatic heterocycles. The zero-order valence-electron chi connectivity index (χ0n) is 28.6. The van der Waals surface area contributed by atoms with Crippen LogP contribution in [-0.4, -0.2) is 60.1 Å². The minimum absolute atomic E-state index is 0.103. The van der Waals surface area contributed by atoms with Crippen molar-refractivity contribution in [3.63, 3.8) is 0 Å². The second-order valence-electron chi connectivity index (χ2n) is 15.9. The van der Waals surface area contributed by atoms with E-state index in [1.807, 2.05) is 31.2 Å². The zero-order chi connectivity index (χ0) is 32.7. The summed E-state index contributed by atoms with van der Waals surface area (Å²) in [5.41, 5.74) is 4.13. The number of likely N-dealkylation sites (tertiary alicyclic amines) is 1. The molecule has 2 fully saturated rings. The van der Waals surface area contributed by atoms with E-state index in [0.717, 1.165) is 79.4 Å². The maximum Gasteiger partial charge on any atom is 0.263 e. The lowest BCUT2D eigenvalue weighted by Crippen LogP contribution is -2.49. The largest absolute Gasteiger partial charge is 0.490 e. The first-order valence-electron chi connectivity index (χ1n) is 18.4. The molecular weight excluding hydrogens is 626 g/mol. The van der Waals surface area contributed by atoms with Crippen LogP contribution in [-0.2, 0) is 22.8 Å². The highest BCUT2D eigenvalue weighted by Crippen LogP contribution is 2.49. The van der Waals surface area contributed by atoms with Crippen LogP contribution in [0.4, 0.5) is 5.69 Å². The van der Waals surface area contributed by atoms with E-state index < -0.39 is 11.0 Å². The number of hydrogen-bond acceptors (Lipinski definition) is 5. The van der Waals surface area contributed by atoms with E-state index in [9.17, 15) is 9.00 Å². The van der Waals surface area contributed by atoms with Crippen LogP contribution in [0.3, 0.4) is 0 Å².